The van der Waals surface area contributed by atoms with Crippen molar-refractivity contribution in [3.05, 3.63) is 0 Å². The van der Waals surface area contributed by atoms with Crippen LogP contribution in [-0.2, 0) is 0 Å². The SMILES string of the molecule is CCCC(CCl)CC1CCCC1. The van der Waals surface area contributed by atoms with Gasteiger partial charge in [-0.2, -0.15) is 0 Å². The molecule has 1 fully saturated rings. The second kappa shape index (κ2) is 5.85. The fourth-order valence-electron chi connectivity index (χ4n) is 2.38. The summed E-state index contributed by atoms with van der Waals surface area (Å²) in [4.78, 5) is 0. The van der Waals surface area contributed by atoms with Crippen molar-refractivity contribution in [1.82, 2.24) is 0 Å². The summed E-state index contributed by atoms with van der Waals surface area (Å²) in [6, 6.07) is 0. The number of hydrogen-bond acceptors (Lipinski definition) is 0. The van der Waals surface area contributed by atoms with Gasteiger partial charge in [-0.1, -0.05) is 39.0 Å². The predicted octanol–water partition coefficient (Wildman–Crippen LogP) is 4.22. The molecule has 0 bridgehead atoms. The standard InChI is InChI=1S/C11H21Cl/c1-2-5-11(9-12)8-10-6-3-4-7-10/h10-11H,2-9H2,1H3. The Morgan fingerprint density at radius 1 is 1.33 bits per heavy atom. The van der Waals surface area contributed by atoms with Crippen molar-refractivity contribution in [3.8, 4) is 0 Å². The maximum atomic E-state index is 5.92. The van der Waals surface area contributed by atoms with Crippen molar-refractivity contribution in [1.29, 1.82) is 0 Å². The van der Waals surface area contributed by atoms with Gasteiger partial charge in [0.25, 0.3) is 0 Å². The number of hydrogen-bond donors (Lipinski definition) is 0. The second-order valence-electron chi connectivity index (χ2n) is 4.20. The summed E-state index contributed by atoms with van der Waals surface area (Å²) in [7, 11) is 0. The van der Waals surface area contributed by atoms with Gasteiger partial charge in [0, 0.05) is 5.88 Å². The van der Waals surface area contributed by atoms with E-state index in [9.17, 15) is 0 Å². The Morgan fingerprint density at radius 3 is 2.50 bits per heavy atom. The van der Waals surface area contributed by atoms with E-state index in [2.05, 4.69) is 6.92 Å². The van der Waals surface area contributed by atoms with Crippen LogP contribution in [0.3, 0.4) is 0 Å². The summed E-state index contributed by atoms with van der Waals surface area (Å²) >= 11 is 5.92. The minimum Gasteiger partial charge on any atom is -0.126 e. The Labute approximate surface area is 81.7 Å². The Balaban J connectivity index is 2.16. The van der Waals surface area contributed by atoms with E-state index in [-0.39, 0.29) is 0 Å². The second-order valence-corrected chi connectivity index (χ2v) is 4.50. The van der Waals surface area contributed by atoms with Gasteiger partial charge in [0.2, 0.25) is 0 Å². The summed E-state index contributed by atoms with van der Waals surface area (Å²) in [6.45, 7) is 2.26. The minimum atomic E-state index is 0.805. The predicted molar refractivity (Wildman–Crippen MR) is 55.7 cm³/mol. The van der Waals surface area contributed by atoms with Crippen LogP contribution in [0.25, 0.3) is 0 Å². The van der Waals surface area contributed by atoms with Gasteiger partial charge in [-0.3, -0.25) is 0 Å². The molecule has 1 atom stereocenters. The fourth-order valence-corrected chi connectivity index (χ4v) is 2.66. The highest BCUT2D eigenvalue weighted by Crippen LogP contribution is 2.31. The lowest BCUT2D eigenvalue weighted by atomic mass is 9.91. The van der Waals surface area contributed by atoms with E-state index >= 15 is 0 Å². The van der Waals surface area contributed by atoms with E-state index in [0.29, 0.717) is 0 Å². The third kappa shape index (κ3) is 3.35. The van der Waals surface area contributed by atoms with Crippen LogP contribution in [0.15, 0.2) is 0 Å². The van der Waals surface area contributed by atoms with Crippen LogP contribution in [0.1, 0.15) is 51.9 Å². The van der Waals surface area contributed by atoms with E-state index in [1.807, 2.05) is 0 Å². The smallest absolute Gasteiger partial charge is 0.0251 e. The van der Waals surface area contributed by atoms with E-state index in [1.54, 1.807) is 0 Å². The molecule has 0 aromatic heterocycles. The summed E-state index contributed by atoms with van der Waals surface area (Å²) in [5.41, 5.74) is 0. The van der Waals surface area contributed by atoms with E-state index in [4.69, 9.17) is 11.6 Å². The van der Waals surface area contributed by atoms with Gasteiger partial charge in [-0.05, 0) is 24.7 Å². The van der Waals surface area contributed by atoms with Crippen molar-refractivity contribution < 1.29 is 0 Å². The number of rotatable bonds is 5. The lowest BCUT2D eigenvalue weighted by Crippen LogP contribution is -2.07. The topological polar surface area (TPSA) is 0 Å². The minimum absolute atomic E-state index is 0.805. The Morgan fingerprint density at radius 2 is 2.00 bits per heavy atom. The Hall–Kier alpha value is 0.290. The maximum Gasteiger partial charge on any atom is 0.0251 e. The zero-order valence-corrected chi connectivity index (χ0v) is 8.95. The largest absolute Gasteiger partial charge is 0.126 e. The van der Waals surface area contributed by atoms with Crippen LogP contribution in [0.4, 0.5) is 0 Å². The molecule has 1 unspecified atom stereocenters. The molecule has 1 aliphatic carbocycles. The van der Waals surface area contributed by atoms with Gasteiger partial charge in [0.05, 0.1) is 0 Å². The molecule has 0 heterocycles. The van der Waals surface area contributed by atoms with Gasteiger partial charge in [0.15, 0.2) is 0 Å². The summed E-state index contributed by atoms with van der Waals surface area (Å²) in [6.07, 6.45) is 9.90. The summed E-state index contributed by atoms with van der Waals surface area (Å²) in [5.74, 6) is 2.70. The first-order valence-corrected chi connectivity index (χ1v) is 5.96. The molecule has 0 aromatic carbocycles. The lowest BCUT2D eigenvalue weighted by Gasteiger charge is -2.16. The molecule has 0 nitrogen and oxygen atoms in total. The highest BCUT2D eigenvalue weighted by molar-refractivity contribution is 6.18. The van der Waals surface area contributed by atoms with Crippen LogP contribution in [0.5, 0.6) is 0 Å². The molecule has 0 N–H and O–H groups in total. The van der Waals surface area contributed by atoms with Gasteiger partial charge >= 0.3 is 0 Å². The van der Waals surface area contributed by atoms with Crippen molar-refractivity contribution in [3.63, 3.8) is 0 Å². The fraction of sp³-hybridized carbons (Fsp3) is 1.00. The first kappa shape index (κ1) is 10.4. The van der Waals surface area contributed by atoms with Crippen molar-refractivity contribution in [2.75, 3.05) is 5.88 Å². The molecule has 0 saturated heterocycles. The number of halogens is 1. The number of alkyl halides is 1. The first-order chi connectivity index (χ1) is 5.86. The molecular weight excluding hydrogens is 168 g/mol. The zero-order chi connectivity index (χ0) is 8.81. The first-order valence-electron chi connectivity index (χ1n) is 5.42. The average Bonchev–Trinajstić information content (AvgIpc) is 2.56. The molecule has 1 rings (SSSR count). The van der Waals surface area contributed by atoms with E-state index in [1.165, 1.54) is 44.9 Å². The van der Waals surface area contributed by atoms with Gasteiger partial charge < -0.3 is 0 Å². The molecule has 1 heteroatoms. The quantitative estimate of drug-likeness (QED) is 0.567. The highest BCUT2D eigenvalue weighted by atomic mass is 35.5. The van der Waals surface area contributed by atoms with Gasteiger partial charge in [-0.15, -0.1) is 11.6 Å². The molecule has 1 aliphatic rings. The monoisotopic (exact) mass is 188 g/mol. The Bertz CT molecular complexity index is 106. The van der Waals surface area contributed by atoms with Gasteiger partial charge in [0.1, 0.15) is 0 Å². The molecule has 0 aromatic rings. The molecule has 0 radical (unpaired) electrons. The average molecular weight is 189 g/mol. The summed E-state index contributed by atoms with van der Waals surface area (Å²) in [5, 5.41) is 0. The maximum absolute atomic E-state index is 5.92. The van der Waals surface area contributed by atoms with Crippen molar-refractivity contribution >= 4 is 11.6 Å². The van der Waals surface area contributed by atoms with Gasteiger partial charge in [-0.25, -0.2) is 0 Å². The van der Waals surface area contributed by atoms with E-state index in [0.717, 1.165) is 17.7 Å². The highest BCUT2D eigenvalue weighted by Gasteiger charge is 2.18. The molecular formula is C11H21Cl. The molecule has 0 amide bonds. The van der Waals surface area contributed by atoms with Crippen LogP contribution < -0.4 is 0 Å². The molecule has 0 aliphatic heterocycles. The molecule has 12 heavy (non-hydrogen) atoms. The van der Waals surface area contributed by atoms with Crippen LogP contribution >= 0.6 is 11.6 Å². The third-order valence-electron chi connectivity index (χ3n) is 3.06. The normalized spacial score (nSPS) is 21.5. The molecule has 72 valence electrons. The van der Waals surface area contributed by atoms with Crippen LogP contribution in [0, 0.1) is 11.8 Å². The van der Waals surface area contributed by atoms with E-state index < -0.39 is 0 Å². The van der Waals surface area contributed by atoms with Crippen molar-refractivity contribution in [2.45, 2.75) is 51.9 Å². The van der Waals surface area contributed by atoms with Crippen molar-refractivity contribution in [2.24, 2.45) is 11.8 Å². The summed E-state index contributed by atoms with van der Waals surface area (Å²) < 4.78 is 0. The third-order valence-corrected chi connectivity index (χ3v) is 3.49. The molecule has 0 spiro atoms. The Kier molecular flexibility index (Phi) is 5.06. The zero-order valence-electron chi connectivity index (χ0n) is 8.19. The molecule has 1 saturated carbocycles. The van der Waals surface area contributed by atoms with Crippen LogP contribution in [0.2, 0.25) is 0 Å². The van der Waals surface area contributed by atoms with Crippen LogP contribution in [-0.4, -0.2) is 5.88 Å². The lowest BCUT2D eigenvalue weighted by molar-refractivity contribution is 0.380.